The number of hydrogen-bond acceptors (Lipinski definition) is 3. The van der Waals surface area contributed by atoms with Gasteiger partial charge in [-0.15, -0.1) is 0 Å². The standard InChI is InChI=1S/C11H25N3/c1-14(2)10-4-8-13-11-5-3-7-12-9-6-11/h11-13H,3-10H2,1-2H3. The minimum atomic E-state index is 0.757. The number of rotatable bonds is 5. The first kappa shape index (κ1) is 12.0. The van der Waals surface area contributed by atoms with Crippen LogP contribution in [0, 0.1) is 0 Å². The highest BCUT2D eigenvalue weighted by Crippen LogP contribution is 2.04. The van der Waals surface area contributed by atoms with Crippen molar-refractivity contribution >= 4 is 0 Å². The Balaban J connectivity index is 1.99. The van der Waals surface area contributed by atoms with Crippen LogP contribution in [0.4, 0.5) is 0 Å². The van der Waals surface area contributed by atoms with Gasteiger partial charge in [0.1, 0.15) is 0 Å². The molecule has 1 heterocycles. The predicted octanol–water partition coefficient (Wildman–Crippen LogP) is 0.670. The molecule has 1 aliphatic heterocycles. The average Bonchev–Trinajstić information content (AvgIpc) is 2.40. The van der Waals surface area contributed by atoms with Crippen LogP contribution in [0.15, 0.2) is 0 Å². The maximum absolute atomic E-state index is 3.65. The monoisotopic (exact) mass is 199 g/mol. The molecule has 0 bridgehead atoms. The molecule has 1 saturated heterocycles. The molecule has 0 spiro atoms. The minimum Gasteiger partial charge on any atom is -0.317 e. The first-order chi connectivity index (χ1) is 6.79. The van der Waals surface area contributed by atoms with Gasteiger partial charge in [0.25, 0.3) is 0 Å². The zero-order valence-electron chi connectivity index (χ0n) is 9.68. The molecule has 1 aliphatic rings. The molecule has 0 saturated carbocycles. The van der Waals surface area contributed by atoms with Gasteiger partial charge in [-0.1, -0.05) is 0 Å². The highest BCUT2D eigenvalue weighted by atomic mass is 15.1. The summed E-state index contributed by atoms with van der Waals surface area (Å²) in [5.41, 5.74) is 0. The summed E-state index contributed by atoms with van der Waals surface area (Å²) in [7, 11) is 4.27. The second kappa shape index (κ2) is 7.21. The zero-order chi connectivity index (χ0) is 10.2. The molecule has 1 unspecified atom stereocenters. The van der Waals surface area contributed by atoms with Crippen LogP contribution >= 0.6 is 0 Å². The highest BCUT2D eigenvalue weighted by Gasteiger charge is 2.09. The first-order valence-electron chi connectivity index (χ1n) is 5.88. The minimum absolute atomic E-state index is 0.757. The molecule has 2 N–H and O–H groups in total. The van der Waals surface area contributed by atoms with E-state index < -0.39 is 0 Å². The summed E-state index contributed by atoms with van der Waals surface area (Å²) in [4.78, 5) is 2.25. The molecular weight excluding hydrogens is 174 g/mol. The van der Waals surface area contributed by atoms with E-state index in [1.165, 1.54) is 51.9 Å². The van der Waals surface area contributed by atoms with Gasteiger partial charge in [-0.2, -0.15) is 0 Å². The quantitative estimate of drug-likeness (QED) is 0.637. The first-order valence-corrected chi connectivity index (χ1v) is 5.88. The van der Waals surface area contributed by atoms with E-state index in [0.717, 1.165) is 6.04 Å². The molecule has 0 aromatic heterocycles. The Hall–Kier alpha value is -0.120. The molecule has 1 fully saturated rings. The Morgan fingerprint density at radius 1 is 1.29 bits per heavy atom. The molecule has 14 heavy (non-hydrogen) atoms. The largest absolute Gasteiger partial charge is 0.317 e. The van der Waals surface area contributed by atoms with E-state index in [9.17, 15) is 0 Å². The SMILES string of the molecule is CN(C)CCCNC1CCCNCC1. The maximum atomic E-state index is 3.65. The molecule has 0 aromatic rings. The van der Waals surface area contributed by atoms with Crippen molar-refractivity contribution in [3.63, 3.8) is 0 Å². The lowest BCUT2D eigenvalue weighted by Crippen LogP contribution is -2.32. The van der Waals surface area contributed by atoms with Gasteiger partial charge in [0.05, 0.1) is 0 Å². The van der Waals surface area contributed by atoms with Crippen molar-refractivity contribution in [3.8, 4) is 0 Å². The Kier molecular flexibility index (Phi) is 6.15. The van der Waals surface area contributed by atoms with Crippen LogP contribution in [-0.4, -0.2) is 51.2 Å². The Morgan fingerprint density at radius 3 is 2.93 bits per heavy atom. The smallest absolute Gasteiger partial charge is 0.00796 e. The number of nitrogens with one attached hydrogen (secondary N) is 2. The van der Waals surface area contributed by atoms with Crippen LogP contribution in [0.2, 0.25) is 0 Å². The lowest BCUT2D eigenvalue weighted by molar-refractivity contribution is 0.380. The number of nitrogens with zero attached hydrogens (tertiary/aromatic N) is 1. The summed E-state index contributed by atoms with van der Waals surface area (Å²) in [6.07, 6.45) is 5.22. The topological polar surface area (TPSA) is 27.3 Å². The summed E-state index contributed by atoms with van der Waals surface area (Å²) in [5.74, 6) is 0. The lowest BCUT2D eigenvalue weighted by Gasteiger charge is -2.16. The van der Waals surface area contributed by atoms with Crippen molar-refractivity contribution in [3.05, 3.63) is 0 Å². The Bertz CT molecular complexity index is 128. The van der Waals surface area contributed by atoms with Gasteiger partial charge >= 0.3 is 0 Å². The lowest BCUT2D eigenvalue weighted by atomic mass is 10.1. The van der Waals surface area contributed by atoms with Gasteiger partial charge in [0.15, 0.2) is 0 Å². The van der Waals surface area contributed by atoms with Gasteiger partial charge in [-0.3, -0.25) is 0 Å². The van der Waals surface area contributed by atoms with Crippen LogP contribution in [0.25, 0.3) is 0 Å². The van der Waals surface area contributed by atoms with Gasteiger partial charge in [0.2, 0.25) is 0 Å². The second-order valence-electron chi connectivity index (χ2n) is 4.49. The van der Waals surface area contributed by atoms with E-state index in [2.05, 4.69) is 29.6 Å². The summed E-state index contributed by atoms with van der Waals surface area (Å²) >= 11 is 0. The Morgan fingerprint density at radius 2 is 2.14 bits per heavy atom. The van der Waals surface area contributed by atoms with E-state index in [-0.39, 0.29) is 0 Å². The van der Waals surface area contributed by atoms with Crippen LogP contribution < -0.4 is 10.6 Å². The fourth-order valence-electron chi connectivity index (χ4n) is 1.92. The van der Waals surface area contributed by atoms with Crippen molar-refractivity contribution in [1.82, 2.24) is 15.5 Å². The van der Waals surface area contributed by atoms with Crippen molar-refractivity contribution in [2.45, 2.75) is 31.7 Å². The fourth-order valence-corrected chi connectivity index (χ4v) is 1.92. The van der Waals surface area contributed by atoms with Crippen molar-refractivity contribution in [2.75, 3.05) is 40.3 Å². The van der Waals surface area contributed by atoms with Crippen LogP contribution in [-0.2, 0) is 0 Å². The molecule has 84 valence electrons. The van der Waals surface area contributed by atoms with Gasteiger partial charge in [-0.25, -0.2) is 0 Å². The molecule has 0 aromatic carbocycles. The predicted molar refractivity (Wildman–Crippen MR) is 61.7 cm³/mol. The van der Waals surface area contributed by atoms with Gasteiger partial charge < -0.3 is 15.5 Å². The normalized spacial score (nSPS) is 23.8. The van der Waals surface area contributed by atoms with Crippen LogP contribution in [0.1, 0.15) is 25.7 Å². The van der Waals surface area contributed by atoms with Crippen molar-refractivity contribution in [1.29, 1.82) is 0 Å². The molecule has 0 radical (unpaired) electrons. The molecular formula is C11H25N3. The molecule has 0 aliphatic carbocycles. The van der Waals surface area contributed by atoms with Crippen molar-refractivity contribution < 1.29 is 0 Å². The maximum Gasteiger partial charge on any atom is 0.00796 e. The molecule has 3 heteroatoms. The number of hydrogen-bond donors (Lipinski definition) is 2. The third-order valence-corrected chi connectivity index (χ3v) is 2.79. The average molecular weight is 199 g/mol. The third-order valence-electron chi connectivity index (χ3n) is 2.79. The third kappa shape index (κ3) is 5.58. The van der Waals surface area contributed by atoms with Gasteiger partial charge in [-0.05, 0) is 66.0 Å². The Labute approximate surface area is 88.2 Å². The summed E-state index contributed by atoms with van der Waals surface area (Å²) < 4.78 is 0. The van der Waals surface area contributed by atoms with E-state index in [4.69, 9.17) is 0 Å². The van der Waals surface area contributed by atoms with Crippen LogP contribution in [0.5, 0.6) is 0 Å². The van der Waals surface area contributed by atoms with Crippen LogP contribution in [0.3, 0.4) is 0 Å². The molecule has 1 rings (SSSR count). The van der Waals surface area contributed by atoms with E-state index in [1.807, 2.05) is 0 Å². The molecule has 3 nitrogen and oxygen atoms in total. The summed E-state index contributed by atoms with van der Waals surface area (Å²) in [6, 6.07) is 0.757. The summed E-state index contributed by atoms with van der Waals surface area (Å²) in [5, 5.41) is 7.09. The molecule has 0 amide bonds. The van der Waals surface area contributed by atoms with E-state index >= 15 is 0 Å². The van der Waals surface area contributed by atoms with E-state index in [1.54, 1.807) is 0 Å². The molecule has 1 atom stereocenters. The zero-order valence-corrected chi connectivity index (χ0v) is 9.68. The van der Waals surface area contributed by atoms with Crippen molar-refractivity contribution in [2.24, 2.45) is 0 Å². The summed E-state index contributed by atoms with van der Waals surface area (Å²) in [6.45, 7) is 4.75. The van der Waals surface area contributed by atoms with E-state index in [0.29, 0.717) is 0 Å². The second-order valence-corrected chi connectivity index (χ2v) is 4.49. The fraction of sp³-hybridized carbons (Fsp3) is 1.00. The van der Waals surface area contributed by atoms with Gasteiger partial charge in [0, 0.05) is 6.04 Å². The highest BCUT2D eigenvalue weighted by molar-refractivity contribution is 4.72.